The first kappa shape index (κ1) is 19.9. The maximum Gasteiger partial charge on any atom is 0.243 e. The van der Waals surface area contributed by atoms with Gasteiger partial charge in [0, 0.05) is 13.6 Å². The maximum absolute atomic E-state index is 13.9. The number of methoxy groups -OCH3 is 1. The van der Waals surface area contributed by atoms with Crippen molar-refractivity contribution in [2.24, 2.45) is 0 Å². The van der Waals surface area contributed by atoms with Crippen LogP contribution in [0.15, 0.2) is 77.7 Å². The van der Waals surface area contributed by atoms with Crippen LogP contribution in [-0.2, 0) is 16.6 Å². The van der Waals surface area contributed by atoms with Crippen LogP contribution < -0.4 is 9.47 Å². The summed E-state index contributed by atoms with van der Waals surface area (Å²) in [7, 11) is -1.09. The molecule has 0 atom stereocenters. The SMILES string of the molecule is COc1ccc(S(=O)(=O)N(C)Cc2cccc(Oc3ccccc3)c2)cc1F. The summed E-state index contributed by atoms with van der Waals surface area (Å²) in [5.74, 6) is 0.557. The van der Waals surface area contributed by atoms with Crippen molar-refractivity contribution in [1.29, 1.82) is 0 Å². The van der Waals surface area contributed by atoms with Gasteiger partial charge in [0.15, 0.2) is 11.6 Å². The van der Waals surface area contributed by atoms with E-state index in [0.29, 0.717) is 11.5 Å². The molecule has 0 unspecified atom stereocenters. The fourth-order valence-electron chi connectivity index (χ4n) is 2.66. The Bertz CT molecular complexity index is 1060. The van der Waals surface area contributed by atoms with Crippen molar-refractivity contribution < 1.29 is 22.3 Å². The third-order valence-electron chi connectivity index (χ3n) is 4.11. The molecule has 0 saturated carbocycles. The van der Waals surface area contributed by atoms with Crippen molar-refractivity contribution in [2.75, 3.05) is 14.2 Å². The molecule has 0 bridgehead atoms. The predicted molar refractivity (Wildman–Crippen MR) is 105 cm³/mol. The highest BCUT2D eigenvalue weighted by Gasteiger charge is 2.22. The summed E-state index contributed by atoms with van der Waals surface area (Å²) in [6, 6.07) is 20.0. The van der Waals surface area contributed by atoms with E-state index >= 15 is 0 Å². The summed E-state index contributed by atoms with van der Waals surface area (Å²) < 4.78 is 51.2. The van der Waals surface area contributed by atoms with Crippen LogP contribution in [0.4, 0.5) is 4.39 Å². The van der Waals surface area contributed by atoms with E-state index < -0.39 is 15.8 Å². The first-order valence-corrected chi connectivity index (χ1v) is 9.96. The summed E-state index contributed by atoms with van der Waals surface area (Å²) >= 11 is 0. The van der Waals surface area contributed by atoms with E-state index in [4.69, 9.17) is 9.47 Å². The van der Waals surface area contributed by atoms with Gasteiger partial charge < -0.3 is 9.47 Å². The Morgan fingerprint density at radius 3 is 2.32 bits per heavy atom. The molecule has 0 spiro atoms. The molecular weight excluding hydrogens is 381 g/mol. The van der Waals surface area contributed by atoms with Crippen molar-refractivity contribution in [2.45, 2.75) is 11.4 Å². The second-order valence-corrected chi connectivity index (χ2v) is 8.16. The first-order chi connectivity index (χ1) is 13.4. The van der Waals surface area contributed by atoms with Crippen LogP contribution in [-0.4, -0.2) is 26.9 Å². The summed E-state index contributed by atoms with van der Waals surface area (Å²) in [5.41, 5.74) is 0.744. The normalized spacial score (nSPS) is 11.4. The Hall–Kier alpha value is -2.90. The minimum atomic E-state index is -3.86. The lowest BCUT2D eigenvalue weighted by atomic mass is 10.2. The molecule has 7 heteroatoms. The molecule has 0 N–H and O–H groups in total. The molecule has 5 nitrogen and oxygen atoms in total. The Labute approximate surface area is 164 Å². The third kappa shape index (κ3) is 4.49. The van der Waals surface area contributed by atoms with Gasteiger partial charge in [-0.15, -0.1) is 0 Å². The van der Waals surface area contributed by atoms with Crippen LogP contribution >= 0.6 is 0 Å². The zero-order valence-electron chi connectivity index (χ0n) is 15.5. The van der Waals surface area contributed by atoms with Gasteiger partial charge in [0.25, 0.3) is 0 Å². The van der Waals surface area contributed by atoms with Crippen LogP contribution in [0.2, 0.25) is 0 Å². The Balaban J connectivity index is 1.77. The number of sulfonamides is 1. The van der Waals surface area contributed by atoms with Crippen LogP contribution in [0.3, 0.4) is 0 Å². The molecule has 28 heavy (non-hydrogen) atoms. The molecule has 0 aliphatic carbocycles. The number of ether oxygens (including phenoxy) is 2. The molecular formula is C21H20FNO4S. The van der Waals surface area contributed by atoms with E-state index in [9.17, 15) is 12.8 Å². The quantitative estimate of drug-likeness (QED) is 0.587. The Morgan fingerprint density at radius 1 is 0.929 bits per heavy atom. The standard InChI is InChI=1S/C21H20FNO4S/c1-23(28(24,25)19-11-12-21(26-2)20(22)14-19)15-16-7-6-10-18(13-16)27-17-8-4-3-5-9-17/h3-14H,15H2,1-2H3. The molecule has 0 heterocycles. The average molecular weight is 401 g/mol. The largest absolute Gasteiger partial charge is 0.494 e. The van der Waals surface area contributed by atoms with E-state index in [1.807, 2.05) is 30.3 Å². The zero-order valence-corrected chi connectivity index (χ0v) is 16.3. The van der Waals surface area contributed by atoms with E-state index in [1.165, 1.54) is 26.3 Å². The molecule has 3 rings (SSSR count). The number of benzene rings is 3. The van der Waals surface area contributed by atoms with Crippen LogP contribution in [0, 0.1) is 5.82 Å². The van der Waals surface area contributed by atoms with Gasteiger partial charge in [-0.3, -0.25) is 0 Å². The number of nitrogens with zero attached hydrogens (tertiary/aromatic N) is 1. The average Bonchev–Trinajstić information content (AvgIpc) is 2.69. The van der Waals surface area contributed by atoms with Gasteiger partial charge in [0.2, 0.25) is 10.0 Å². The molecule has 146 valence electrons. The summed E-state index contributed by atoms with van der Waals surface area (Å²) in [6.07, 6.45) is 0. The van der Waals surface area contributed by atoms with Gasteiger partial charge in [-0.05, 0) is 48.0 Å². The molecule has 0 amide bonds. The van der Waals surface area contributed by atoms with Gasteiger partial charge in [0.05, 0.1) is 12.0 Å². The number of para-hydroxylation sites is 1. The molecule has 0 saturated heterocycles. The predicted octanol–water partition coefficient (Wildman–Crippen LogP) is 4.45. The zero-order chi connectivity index (χ0) is 20.1. The van der Waals surface area contributed by atoms with Gasteiger partial charge >= 0.3 is 0 Å². The number of halogens is 1. The summed E-state index contributed by atoms with van der Waals surface area (Å²) in [6.45, 7) is 0.113. The lowest BCUT2D eigenvalue weighted by molar-refractivity contribution is 0.385. The van der Waals surface area contributed by atoms with Crippen molar-refractivity contribution >= 4 is 10.0 Å². The lowest BCUT2D eigenvalue weighted by Gasteiger charge is -2.18. The number of rotatable bonds is 7. The van der Waals surface area contributed by atoms with E-state index in [0.717, 1.165) is 15.9 Å². The summed E-state index contributed by atoms with van der Waals surface area (Å²) in [5, 5.41) is 0. The second kappa shape index (κ2) is 8.41. The van der Waals surface area contributed by atoms with Crippen LogP contribution in [0.5, 0.6) is 17.2 Å². The maximum atomic E-state index is 13.9. The number of hydrogen-bond acceptors (Lipinski definition) is 4. The van der Waals surface area contributed by atoms with Crippen molar-refractivity contribution in [1.82, 2.24) is 4.31 Å². The van der Waals surface area contributed by atoms with Crippen molar-refractivity contribution in [3.8, 4) is 17.2 Å². The number of hydrogen-bond donors (Lipinski definition) is 0. The van der Waals surface area contributed by atoms with Gasteiger partial charge in [-0.1, -0.05) is 30.3 Å². The monoisotopic (exact) mass is 401 g/mol. The minimum Gasteiger partial charge on any atom is -0.494 e. The van der Waals surface area contributed by atoms with E-state index in [-0.39, 0.29) is 17.2 Å². The molecule has 0 aliphatic rings. The van der Waals surface area contributed by atoms with Crippen LogP contribution in [0.1, 0.15) is 5.56 Å². The highest BCUT2D eigenvalue weighted by molar-refractivity contribution is 7.89. The molecule has 0 radical (unpaired) electrons. The Morgan fingerprint density at radius 2 is 1.64 bits per heavy atom. The van der Waals surface area contributed by atoms with Crippen LogP contribution in [0.25, 0.3) is 0 Å². The first-order valence-electron chi connectivity index (χ1n) is 8.52. The topological polar surface area (TPSA) is 55.8 Å². The van der Waals surface area contributed by atoms with Crippen molar-refractivity contribution in [3.63, 3.8) is 0 Å². The lowest BCUT2D eigenvalue weighted by Crippen LogP contribution is -2.26. The van der Waals surface area contributed by atoms with E-state index in [1.54, 1.807) is 24.3 Å². The fraction of sp³-hybridized carbons (Fsp3) is 0.143. The highest BCUT2D eigenvalue weighted by atomic mass is 32.2. The fourth-order valence-corrected chi connectivity index (χ4v) is 3.83. The molecule has 0 aliphatic heterocycles. The van der Waals surface area contributed by atoms with Gasteiger partial charge in [-0.2, -0.15) is 4.31 Å². The second-order valence-electron chi connectivity index (χ2n) is 6.12. The third-order valence-corrected chi connectivity index (χ3v) is 5.91. The highest BCUT2D eigenvalue weighted by Crippen LogP contribution is 2.25. The van der Waals surface area contributed by atoms with Gasteiger partial charge in [0.1, 0.15) is 11.5 Å². The smallest absolute Gasteiger partial charge is 0.243 e. The molecule has 3 aromatic carbocycles. The minimum absolute atomic E-state index is 0.00707. The molecule has 0 fully saturated rings. The molecule has 0 aromatic heterocycles. The van der Waals surface area contributed by atoms with E-state index in [2.05, 4.69) is 0 Å². The van der Waals surface area contributed by atoms with Crippen molar-refractivity contribution in [3.05, 3.63) is 84.2 Å². The summed E-state index contributed by atoms with van der Waals surface area (Å²) in [4.78, 5) is -0.134. The Kier molecular flexibility index (Phi) is 5.96. The molecule has 3 aromatic rings. The van der Waals surface area contributed by atoms with Gasteiger partial charge in [-0.25, -0.2) is 12.8 Å².